The second-order valence-electron chi connectivity index (χ2n) is 10.6. The number of nitrogens with one attached hydrogen (secondary N) is 2. The predicted octanol–water partition coefficient (Wildman–Crippen LogP) is 7.18. The Hall–Kier alpha value is -5.02. The van der Waals surface area contributed by atoms with Crippen LogP contribution in [-0.4, -0.2) is 54.3 Å². The SMILES string of the molecule is CC[C@@H](Nc1cc(F)c(C(=O)N[C@@H](Cc2ccc(-c3nc(C)cc(OC)c3C(F)(F)F)c3ncccc23)C(=O)OC)c(F)c1)C(F)(F)F. The predicted molar refractivity (Wildman–Crippen MR) is 158 cm³/mol. The van der Waals surface area contributed by atoms with Crippen molar-refractivity contribution in [3.63, 3.8) is 0 Å². The molecule has 0 unspecified atom stereocenters. The van der Waals surface area contributed by atoms with Crippen molar-refractivity contribution in [1.29, 1.82) is 0 Å². The molecule has 2 heterocycles. The van der Waals surface area contributed by atoms with Gasteiger partial charge in [-0.25, -0.2) is 13.6 Å². The van der Waals surface area contributed by atoms with Gasteiger partial charge >= 0.3 is 18.3 Å². The number of aromatic nitrogens is 2. The van der Waals surface area contributed by atoms with Gasteiger partial charge in [-0.2, -0.15) is 26.3 Å². The first-order chi connectivity index (χ1) is 22.5. The molecule has 256 valence electrons. The number of hydrogen-bond acceptors (Lipinski definition) is 7. The van der Waals surface area contributed by atoms with Crippen molar-refractivity contribution in [1.82, 2.24) is 15.3 Å². The number of aryl methyl sites for hydroxylation is 1. The summed E-state index contributed by atoms with van der Waals surface area (Å²) < 4.78 is 122. The van der Waals surface area contributed by atoms with Crippen molar-refractivity contribution in [2.75, 3.05) is 19.5 Å². The van der Waals surface area contributed by atoms with E-state index < -0.39 is 82.6 Å². The van der Waals surface area contributed by atoms with E-state index in [2.05, 4.69) is 15.3 Å². The molecule has 0 saturated heterocycles. The third-order valence-corrected chi connectivity index (χ3v) is 7.36. The van der Waals surface area contributed by atoms with Crippen LogP contribution in [0.25, 0.3) is 22.2 Å². The number of fused-ring (bicyclic) bond motifs is 1. The van der Waals surface area contributed by atoms with Gasteiger partial charge in [0.2, 0.25) is 0 Å². The number of ether oxygens (including phenoxy) is 2. The Kier molecular flexibility index (Phi) is 10.4. The quantitative estimate of drug-likeness (QED) is 0.135. The number of carbonyl (C=O) groups is 2. The number of amides is 1. The van der Waals surface area contributed by atoms with Gasteiger partial charge in [0, 0.05) is 41.0 Å². The highest BCUT2D eigenvalue weighted by Crippen LogP contribution is 2.44. The number of methoxy groups -OCH3 is 2. The number of anilines is 1. The van der Waals surface area contributed by atoms with E-state index in [1.807, 2.05) is 5.32 Å². The molecule has 2 atom stereocenters. The molecule has 4 rings (SSSR count). The zero-order valence-corrected chi connectivity index (χ0v) is 25.7. The Balaban J connectivity index is 1.71. The Bertz CT molecular complexity index is 1820. The van der Waals surface area contributed by atoms with Gasteiger partial charge in [-0.1, -0.05) is 25.1 Å². The number of halogens is 8. The molecule has 2 aromatic carbocycles. The molecule has 48 heavy (non-hydrogen) atoms. The zero-order chi connectivity index (χ0) is 35.6. The minimum absolute atomic E-state index is 0.0176. The number of pyridine rings is 2. The summed E-state index contributed by atoms with van der Waals surface area (Å²) in [5.41, 5.74) is -2.79. The number of rotatable bonds is 10. The summed E-state index contributed by atoms with van der Waals surface area (Å²) in [4.78, 5) is 34.2. The van der Waals surface area contributed by atoms with E-state index in [-0.39, 0.29) is 34.1 Å². The molecule has 0 aliphatic rings. The lowest BCUT2D eigenvalue weighted by Gasteiger charge is -2.22. The molecule has 0 bridgehead atoms. The van der Waals surface area contributed by atoms with Crippen molar-refractivity contribution >= 4 is 28.5 Å². The van der Waals surface area contributed by atoms with E-state index in [1.54, 1.807) is 0 Å². The summed E-state index contributed by atoms with van der Waals surface area (Å²) in [6.45, 7) is 2.70. The molecule has 0 saturated carbocycles. The molecule has 0 radical (unpaired) electrons. The molecule has 1 amide bonds. The van der Waals surface area contributed by atoms with Gasteiger partial charge in [-0.15, -0.1) is 0 Å². The van der Waals surface area contributed by atoms with Gasteiger partial charge in [-0.3, -0.25) is 14.8 Å². The molecule has 0 fully saturated rings. The molecular formula is C32H28F8N4O4. The molecule has 4 aromatic rings. The molecule has 16 heteroatoms. The summed E-state index contributed by atoms with van der Waals surface area (Å²) in [5.74, 6) is -5.92. The van der Waals surface area contributed by atoms with Crippen molar-refractivity contribution < 1.29 is 54.2 Å². The highest BCUT2D eigenvalue weighted by molar-refractivity contribution is 5.99. The minimum Gasteiger partial charge on any atom is -0.496 e. The zero-order valence-electron chi connectivity index (χ0n) is 25.7. The Morgan fingerprint density at radius 2 is 1.65 bits per heavy atom. The second kappa shape index (κ2) is 14.0. The van der Waals surface area contributed by atoms with Crippen LogP contribution in [0, 0.1) is 18.6 Å². The number of carbonyl (C=O) groups excluding carboxylic acids is 2. The van der Waals surface area contributed by atoms with Gasteiger partial charge in [0.15, 0.2) is 0 Å². The lowest BCUT2D eigenvalue weighted by molar-refractivity contribution is -0.143. The van der Waals surface area contributed by atoms with Crippen LogP contribution in [0.4, 0.5) is 40.8 Å². The average Bonchev–Trinajstić information content (AvgIpc) is 3.01. The number of nitrogens with zero attached hydrogens (tertiary/aromatic N) is 2. The smallest absolute Gasteiger partial charge is 0.422 e. The number of esters is 1. The monoisotopic (exact) mass is 684 g/mol. The van der Waals surface area contributed by atoms with Gasteiger partial charge in [-0.05, 0) is 37.1 Å². The van der Waals surface area contributed by atoms with E-state index in [0.29, 0.717) is 12.1 Å². The molecule has 2 aromatic heterocycles. The molecule has 0 aliphatic heterocycles. The number of benzene rings is 2. The van der Waals surface area contributed by atoms with Crippen LogP contribution in [0.2, 0.25) is 0 Å². The number of hydrogen-bond donors (Lipinski definition) is 2. The largest absolute Gasteiger partial charge is 0.496 e. The van der Waals surface area contributed by atoms with Crippen molar-refractivity contribution in [3.8, 4) is 17.0 Å². The van der Waals surface area contributed by atoms with Crippen molar-refractivity contribution in [3.05, 3.63) is 82.7 Å². The fraction of sp³-hybridized carbons (Fsp3) is 0.312. The molecule has 2 N–H and O–H groups in total. The van der Waals surface area contributed by atoms with E-state index in [0.717, 1.165) is 20.3 Å². The van der Waals surface area contributed by atoms with E-state index in [1.165, 1.54) is 44.3 Å². The summed E-state index contributed by atoms with van der Waals surface area (Å²) in [5, 5.41) is 4.42. The van der Waals surface area contributed by atoms with Crippen molar-refractivity contribution in [2.45, 2.75) is 51.1 Å². The summed E-state index contributed by atoms with van der Waals surface area (Å²) in [6, 6.07) is 4.15. The molecular weight excluding hydrogens is 656 g/mol. The maximum Gasteiger partial charge on any atom is 0.422 e. The van der Waals surface area contributed by atoms with E-state index in [4.69, 9.17) is 9.47 Å². The summed E-state index contributed by atoms with van der Waals surface area (Å²) in [6.07, 6.45) is -9.06. The molecule has 8 nitrogen and oxygen atoms in total. The van der Waals surface area contributed by atoms with Crippen molar-refractivity contribution in [2.24, 2.45) is 0 Å². The van der Waals surface area contributed by atoms with E-state index in [9.17, 15) is 44.7 Å². The van der Waals surface area contributed by atoms with Crippen LogP contribution in [0.15, 0.2) is 48.7 Å². The van der Waals surface area contributed by atoms with Crippen LogP contribution in [0.1, 0.15) is 40.5 Å². The maximum absolute atomic E-state index is 14.9. The standard InChI is InChI=1S/C32H28F8N4O4/c1-5-24(31(35,36)37)43-17-13-20(33)25(21(34)14-17)29(45)44-22(30(46)48-4)12-16-8-9-19(27-18(16)7-6-10-41-27)28-26(32(38,39)40)23(47-3)11-15(2)42-28/h6-11,13-14,22,24,43H,5,12H2,1-4H3,(H,44,45)/t22-,24+/m0/s1. The van der Waals surface area contributed by atoms with Gasteiger partial charge in [0.05, 0.1) is 25.4 Å². The molecule has 0 spiro atoms. The third-order valence-electron chi connectivity index (χ3n) is 7.36. The van der Waals surface area contributed by atoms with Crippen LogP contribution < -0.4 is 15.4 Å². The number of alkyl halides is 6. The first kappa shape index (κ1) is 35.8. The van der Waals surface area contributed by atoms with Crippen LogP contribution in [0.3, 0.4) is 0 Å². The summed E-state index contributed by atoms with van der Waals surface area (Å²) >= 11 is 0. The Labute approximate surface area is 268 Å². The highest BCUT2D eigenvalue weighted by atomic mass is 19.4. The van der Waals surface area contributed by atoms with Crippen LogP contribution in [-0.2, 0) is 22.1 Å². The summed E-state index contributed by atoms with van der Waals surface area (Å²) in [7, 11) is 2.08. The Morgan fingerprint density at radius 1 is 0.979 bits per heavy atom. The lowest BCUT2D eigenvalue weighted by atomic mass is 9.95. The normalized spacial score (nSPS) is 13.2. The first-order valence-corrected chi connectivity index (χ1v) is 14.2. The lowest BCUT2D eigenvalue weighted by Crippen LogP contribution is -2.43. The van der Waals surface area contributed by atoms with Gasteiger partial charge in [0.25, 0.3) is 5.91 Å². The van der Waals surface area contributed by atoms with Crippen LogP contribution >= 0.6 is 0 Å². The molecule has 0 aliphatic carbocycles. The van der Waals surface area contributed by atoms with Gasteiger partial charge in [0.1, 0.15) is 40.6 Å². The van der Waals surface area contributed by atoms with Gasteiger partial charge < -0.3 is 20.1 Å². The highest BCUT2D eigenvalue weighted by Gasteiger charge is 2.40. The second-order valence-corrected chi connectivity index (χ2v) is 10.6. The minimum atomic E-state index is -4.86. The van der Waals surface area contributed by atoms with Crippen LogP contribution in [0.5, 0.6) is 5.75 Å². The van der Waals surface area contributed by atoms with E-state index >= 15 is 0 Å². The first-order valence-electron chi connectivity index (χ1n) is 14.2. The maximum atomic E-state index is 14.9. The average molecular weight is 685 g/mol. The fourth-order valence-electron chi connectivity index (χ4n) is 5.15. The topological polar surface area (TPSA) is 102 Å². The fourth-order valence-corrected chi connectivity index (χ4v) is 5.15. The third kappa shape index (κ3) is 7.58. The Morgan fingerprint density at radius 3 is 2.21 bits per heavy atom.